The van der Waals surface area contributed by atoms with E-state index in [9.17, 15) is 14.0 Å². The Balaban J connectivity index is 2.38. The molecule has 0 amide bonds. The van der Waals surface area contributed by atoms with Gasteiger partial charge in [0.15, 0.2) is 5.43 Å². The van der Waals surface area contributed by atoms with Crippen LogP contribution in [0.4, 0.5) is 4.39 Å². The summed E-state index contributed by atoms with van der Waals surface area (Å²) in [5, 5.41) is 8.94. The molecule has 1 heterocycles. The van der Waals surface area contributed by atoms with Crippen LogP contribution in [0.15, 0.2) is 53.0 Å². The summed E-state index contributed by atoms with van der Waals surface area (Å²) >= 11 is 0. The molecule has 1 aromatic carbocycles. The van der Waals surface area contributed by atoms with Gasteiger partial charge in [0.25, 0.3) is 0 Å². The Kier molecular flexibility index (Phi) is 10.1. The number of H-pyrrole nitrogens is 1. The molecule has 1 aromatic heterocycles. The zero-order valence-electron chi connectivity index (χ0n) is 19.3. The molecular formula is C27H34FNO3. The van der Waals surface area contributed by atoms with Gasteiger partial charge in [-0.15, -0.1) is 0 Å². The number of pyridine rings is 1. The maximum Gasteiger partial charge on any atom is 0.303 e. The molecule has 32 heavy (non-hydrogen) atoms. The zero-order chi connectivity index (χ0) is 23.5. The fourth-order valence-electron chi connectivity index (χ4n) is 3.56. The highest BCUT2D eigenvalue weighted by atomic mass is 19.1. The monoisotopic (exact) mass is 439 g/mol. The lowest BCUT2D eigenvalue weighted by Crippen LogP contribution is -2.18. The van der Waals surface area contributed by atoms with Crippen molar-refractivity contribution < 1.29 is 14.3 Å². The number of allylic oxidation sites excluding steroid dienone is 3. The first-order valence-electron chi connectivity index (χ1n) is 11.4. The minimum atomic E-state index is -0.875. The van der Waals surface area contributed by atoms with Crippen LogP contribution in [0.25, 0.3) is 5.83 Å². The molecule has 0 aliphatic carbocycles. The molecule has 0 saturated heterocycles. The predicted octanol–water partition coefficient (Wildman–Crippen LogP) is 6.38. The number of rotatable bonds is 12. The molecule has 0 aliphatic rings. The highest BCUT2D eigenvalue weighted by Gasteiger charge is 2.15. The van der Waals surface area contributed by atoms with Gasteiger partial charge < -0.3 is 10.1 Å². The van der Waals surface area contributed by atoms with Gasteiger partial charge in [0, 0.05) is 30.3 Å². The summed E-state index contributed by atoms with van der Waals surface area (Å²) in [6, 6.07) is 8.03. The average Bonchev–Trinajstić information content (AvgIpc) is 2.78. The van der Waals surface area contributed by atoms with Gasteiger partial charge in [-0.1, -0.05) is 56.2 Å². The molecule has 0 radical (unpaired) electrons. The number of aromatic nitrogens is 1. The van der Waals surface area contributed by atoms with Gasteiger partial charge in [-0.3, -0.25) is 9.59 Å². The van der Waals surface area contributed by atoms with E-state index in [-0.39, 0.29) is 17.4 Å². The van der Waals surface area contributed by atoms with Crippen molar-refractivity contribution in [2.24, 2.45) is 0 Å². The molecule has 5 heteroatoms. The highest BCUT2D eigenvalue weighted by molar-refractivity contribution is 5.66. The summed E-state index contributed by atoms with van der Waals surface area (Å²) in [4.78, 5) is 27.2. The molecule has 0 aliphatic heterocycles. The Morgan fingerprint density at radius 2 is 1.75 bits per heavy atom. The molecule has 2 aromatic rings. The molecule has 0 spiro atoms. The van der Waals surface area contributed by atoms with Crippen molar-refractivity contribution in [3.05, 3.63) is 86.4 Å². The van der Waals surface area contributed by atoms with Crippen LogP contribution >= 0.6 is 0 Å². The molecule has 2 rings (SSSR count). The Morgan fingerprint density at radius 3 is 2.38 bits per heavy atom. The van der Waals surface area contributed by atoms with Crippen molar-refractivity contribution in [3.8, 4) is 0 Å². The minimum Gasteiger partial charge on any atom is -0.481 e. The van der Waals surface area contributed by atoms with Crippen LogP contribution in [0.2, 0.25) is 0 Å². The molecular weight excluding hydrogens is 405 g/mol. The van der Waals surface area contributed by atoms with Gasteiger partial charge in [-0.05, 0) is 56.2 Å². The number of hydrogen-bond acceptors (Lipinski definition) is 2. The SMILES string of the molecule is CCCC/C(C)=C/C=C(/F)c1c[nH]c(CCCC(=O)O)c(Cc2ccc(CC)cc2)c1=O. The first-order chi connectivity index (χ1) is 15.3. The van der Waals surface area contributed by atoms with E-state index in [1.54, 1.807) is 6.08 Å². The number of unbranched alkanes of at least 4 members (excludes halogenated alkanes) is 1. The van der Waals surface area contributed by atoms with Gasteiger partial charge in [0.05, 0.1) is 5.56 Å². The standard InChI is InChI=1S/C27H34FNO3/c1-4-6-8-19(3)11-16-24(28)23-18-29-25(9-7-10-26(30)31)22(27(23)32)17-21-14-12-20(5-2)13-15-21/h11-16,18H,4-10,17H2,1-3H3,(H,29,32)(H,30,31)/b19-11+,24-16+. The first-order valence-corrected chi connectivity index (χ1v) is 11.4. The third-order valence-electron chi connectivity index (χ3n) is 5.60. The number of aryl methyl sites for hydroxylation is 2. The van der Waals surface area contributed by atoms with Crippen molar-refractivity contribution in [1.29, 1.82) is 0 Å². The third-order valence-corrected chi connectivity index (χ3v) is 5.60. The van der Waals surface area contributed by atoms with Gasteiger partial charge in [0.2, 0.25) is 0 Å². The predicted molar refractivity (Wildman–Crippen MR) is 129 cm³/mol. The number of nitrogens with one attached hydrogen (secondary N) is 1. The summed E-state index contributed by atoms with van der Waals surface area (Å²) in [5.74, 6) is -1.44. The van der Waals surface area contributed by atoms with Gasteiger partial charge in [0.1, 0.15) is 5.83 Å². The van der Waals surface area contributed by atoms with Crippen LogP contribution in [0.5, 0.6) is 0 Å². The maximum absolute atomic E-state index is 14.9. The summed E-state index contributed by atoms with van der Waals surface area (Å²) in [5.41, 5.74) is 4.06. The quantitative estimate of drug-likeness (QED) is 0.377. The number of benzene rings is 1. The number of carboxylic acid groups (broad SMARTS) is 1. The lowest BCUT2D eigenvalue weighted by Gasteiger charge is -2.11. The second kappa shape index (κ2) is 12.8. The van der Waals surface area contributed by atoms with Gasteiger partial charge in [-0.2, -0.15) is 0 Å². The Morgan fingerprint density at radius 1 is 1.06 bits per heavy atom. The molecule has 0 fully saturated rings. The smallest absolute Gasteiger partial charge is 0.303 e. The van der Waals surface area contributed by atoms with E-state index in [0.29, 0.717) is 30.5 Å². The number of carboxylic acids is 1. The average molecular weight is 440 g/mol. The Labute approximate surface area is 189 Å². The number of aromatic amines is 1. The molecule has 4 nitrogen and oxygen atoms in total. The van der Waals surface area contributed by atoms with E-state index in [1.165, 1.54) is 17.8 Å². The van der Waals surface area contributed by atoms with Crippen LogP contribution in [-0.4, -0.2) is 16.1 Å². The van der Waals surface area contributed by atoms with E-state index in [1.807, 2.05) is 31.2 Å². The van der Waals surface area contributed by atoms with E-state index < -0.39 is 11.8 Å². The Bertz CT molecular complexity index is 1020. The fraction of sp³-hybridized carbons (Fsp3) is 0.407. The van der Waals surface area contributed by atoms with E-state index >= 15 is 0 Å². The molecule has 0 atom stereocenters. The van der Waals surface area contributed by atoms with Gasteiger partial charge >= 0.3 is 5.97 Å². The summed E-state index contributed by atoms with van der Waals surface area (Å²) in [6.45, 7) is 6.15. The molecule has 0 bridgehead atoms. The van der Waals surface area contributed by atoms with Crippen LogP contribution < -0.4 is 5.43 Å². The van der Waals surface area contributed by atoms with Crippen molar-refractivity contribution >= 4 is 11.8 Å². The first kappa shape index (κ1) is 25.3. The molecule has 2 N–H and O–H groups in total. The summed E-state index contributed by atoms with van der Waals surface area (Å²) in [6.07, 6.45) is 9.66. The minimum absolute atomic E-state index is 0.00621. The number of hydrogen-bond donors (Lipinski definition) is 2. The van der Waals surface area contributed by atoms with Crippen molar-refractivity contribution in [1.82, 2.24) is 4.98 Å². The van der Waals surface area contributed by atoms with E-state index in [0.717, 1.165) is 36.8 Å². The zero-order valence-corrected chi connectivity index (χ0v) is 19.3. The van der Waals surface area contributed by atoms with Crippen LogP contribution in [-0.2, 0) is 24.1 Å². The topological polar surface area (TPSA) is 70.2 Å². The third kappa shape index (κ3) is 7.63. The number of carbonyl (C=O) groups is 1. The van der Waals surface area contributed by atoms with Gasteiger partial charge in [-0.25, -0.2) is 4.39 Å². The second-order valence-corrected chi connectivity index (χ2v) is 8.21. The number of halogens is 1. The van der Waals surface area contributed by atoms with Crippen LogP contribution in [0.1, 0.15) is 80.8 Å². The second-order valence-electron chi connectivity index (χ2n) is 8.21. The lowest BCUT2D eigenvalue weighted by molar-refractivity contribution is -0.137. The molecule has 172 valence electrons. The van der Waals surface area contributed by atoms with Crippen LogP contribution in [0, 0.1) is 0 Å². The highest BCUT2D eigenvalue weighted by Crippen LogP contribution is 2.19. The Hall–Kier alpha value is -2.95. The van der Waals surface area contributed by atoms with E-state index in [2.05, 4.69) is 18.8 Å². The maximum atomic E-state index is 14.9. The molecule has 0 saturated carbocycles. The lowest BCUT2D eigenvalue weighted by atomic mass is 9.97. The summed E-state index contributed by atoms with van der Waals surface area (Å²) in [7, 11) is 0. The van der Waals surface area contributed by atoms with Crippen molar-refractivity contribution in [2.45, 2.75) is 72.1 Å². The summed E-state index contributed by atoms with van der Waals surface area (Å²) < 4.78 is 14.9. The largest absolute Gasteiger partial charge is 0.481 e. The van der Waals surface area contributed by atoms with Crippen LogP contribution in [0.3, 0.4) is 0 Å². The van der Waals surface area contributed by atoms with Crippen molar-refractivity contribution in [3.63, 3.8) is 0 Å². The fourth-order valence-corrected chi connectivity index (χ4v) is 3.56. The van der Waals surface area contributed by atoms with E-state index in [4.69, 9.17) is 5.11 Å². The normalized spacial score (nSPS) is 12.2. The number of aliphatic carboxylic acids is 1. The molecule has 0 unspecified atom stereocenters. The van der Waals surface area contributed by atoms with Crippen molar-refractivity contribution in [2.75, 3.05) is 0 Å².